The van der Waals surface area contributed by atoms with Gasteiger partial charge in [-0.1, -0.05) is 5.16 Å². The second kappa shape index (κ2) is 3.26. The number of hydrogen-bond donors (Lipinski definition) is 1. The maximum absolute atomic E-state index is 11.3. The molecule has 13 heavy (non-hydrogen) atoms. The number of nitrogens with zero attached hydrogens (tertiary/aromatic N) is 3. The van der Waals surface area contributed by atoms with Crippen molar-refractivity contribution in [2.75, 3.05) is 0 Å². The van der Waals surface area contributed by atoms with Crippen molar-refractivity contribution in [3.05, 3.63) is 32.6 Å². The van der Waals surface area contributed by atoms with Gasteiger partial charge in [0.2, 0.25) is 0 Å². The van der Waals surface area contributed by atoms with Crippen molar-refractivity contribution in [3.8, 4) is 0 Å². The van der Waals surface area contributed by atoms with Crippen LogP contribution in [0.4, 0.5) is 0 Å². The first kappa shape index (κ1) is 9.24. The highest BCUT2D eigenvalue weighted by molar-refractivity contribution is 5.76. The molecule has 0 aliphatic rings. The second-order valence-corrected chi connectivity index (χ2v) is 2.55. The Bertz CT molecular complexity index is 455. The summed E-state index contributed by atoms with van der Waals surface area (Å²) in [7, 11) is 2.86. The summed E-state index contributed by atoms with van der Waals surface area (Å²) in [4.78, 5) is 22.4. The zero-order chi connectivity index (χ0) is 10.0. The lowest BCUT2D eigenvalue weighted by Crippen LogP contribution is -2.37. The Kier molecular flexibility index (Phi) is 2.32. The average Bonchev–Trinajstić information content (AvgIpc) is 2.11. The molecule has 1 rings (SSSR count). The van der Waals surface area contributed by atoms with Crippen LogP contribution in [0.2, 0.25) is 0 Å². The van der Waals surface area contributed by atoms with Crippen molar-refractivity contribution in [3.63, 3.8) is 0 Å². The third-order valence-electron chi connectivity index (χ3n) is 1.75. The van der Waals surface area contributed by atoms with Crippen LogP contribution < -0.4 is 11.2 Å². The minimum Gasteiger partial charge on any atom is -0.411 e. The monoisotopic (exact) mass is 183 g/mol. The van der Waals surface area contributed by atoms with Gasteiger partial charge in [-0.05, 0) is 0 Å². The maximum atomic E-state index is 11.3. The molecule has 6 nitrogen and oxygen atoms in total. The molecule has 0 radical (unpaired) electrons. The highest BCUT2D eigenvalue weighted by atomic mass is 16.4. The van der Waals surface area contributed by atoms with E-state index < -0.39 is 11.2 Å². The van der Waals surface area contributed by atoms with Gasteiger partial charge in [0.1, 0.15) is 0 Å². The minimum atomic E-state index is -0.456. The van der Waals surface area contributed by atoms with Crippen molar-refractivity contribution < 1.29 is 5.21 Å². The van der Waals surface area contributed by atoms with Crippen LogP contribution in [0.25, 0.3) is 0 Å². The van der Waals surface area contributed by atoms with Crippen LogP contribution in [0.1, 0.15) is 5.69 Å². The highest BCUT2D eigenvalue weighted by Gasteiger charge is 2.02. The third kappa shape index (κ3) is 1.51. The number of aromatic nitrogens is 2. The first-order chi connectivity index (χ1) is 6.07. The summed E-state index contributed by atoms with van der Waals surface area (Å²) in [6.07, 6.45) is 1.03. The smallest absolute Gasteiger partial charge is 0.330 e. The predicted octanol–water partition coefficient (Wildman–Crippen LogP) is -1.11. The largest absolute Gasteiger partial charge is 0.411 e. The number of rotatable bonds is 1. The van der Waals surface area contributed by atoms with E-state index in [-0.39, 0.29) is 5.69 Å². The molecule has 0 bridgehead atoms. The van der Waals surface area contributed by atoms with Gasteiger partial charge in [0, 0.05) is 20.2 Å². The van der Waals surface area contributed by atoms with Crippen LogP contribution >= 0.6 is 0 Å². The maximum Gasteiger partial charge on any atom is 0.330 e. The molecule has 0 spiro atoms. The van der Waals surface area contributed by atoms with Crippen LogP contribution in [-0.2, 0) is 14.1 Å². The minimum absolute atomic E-state index is 0.260. The Labute approximate surface area is 73.4 Å². The molecule has 0 atom stereocenters. The van der Waals surface area contributed by atoms with Gasteiger partial charge < -0.3 is 5.21 Å². The molecule has 0 saturated heterocycles. The topological polar surface area (TPSA) is 76.6 Å². The van der Waals surface area contributed by atoms with E-state index in [1.807, 2.05) is 0 Å². The van der Waals surface area contributed by atoms with E-state index in [2.05, 4.69) is 5.16 Å². The summed E-state index contributed by atoms with van der Waals surface area (Å²) in [6, 6.07) is 1.21. The standard InChI is InChI=1S/C7H9N3O3/c1-9-5(4-8-13)3-6(11)10(2)7(9)12/h3-4,13H,1-2H3/b8-4-. The molecule has 0 aliphatic heterocycles. The van der Waals surface area contributed by atoms with Gasteiger partial charge in [-0.25, -0.2) is 4.79 Å². The van der Waals surface area contributed by atoms with Crippen LogP contribution in [0.5, 0.6) is 0 Å². The van der Waals surface area contributed by atoms with Gasteiger partial charge in [0.15, 0.2) is 0 Å². The van der Waals surface area contributed by atoms with Crippen molar-refractivity contribution in [1.82, 2.24) is 9.13 Å². The van der Waals surface area contributed by atoms with Gasteiger partial charge in [0.05, 0.1) is 11.9 Å². The number of oxime groups is 1. The zero-order valence-corrected chi connectivity index (χ0v) is 7.26. The summed E-state index contributed by atoms with van der Waals surface area (Å²) >= 11 is 0. The molecule has 0 aliphatic carbocycles. The molecule has 1 N–H and O–H groups in total. The van der Waals surface area contributed by atoms with Gasteiger partial charge in [-0.3, -0.25) is 13.9 Å². The average molecular weight is 183 g/mol. The summed E-state index contributed by atoms with van der Waals surface area (Å²) in [6.45, 7) is 0. The molecule has 1 aromatic rings. The van der Waals surface area contributed by atoms with Crippen molar-refractivity contribution in [2.24, 2.45) is 19.3 Å². The molecule has 70 valence electrons. The van der Waals surface area contributed by atoms with E-state index in [1.54, 1.807) is 0 Å². The van der Waals surface area contributed by atoms with Gasteiger partial charge in [-0.15, -0.1) is 0 Å². The van der Waals surface area contributed by atoms with Crippen molar-refractivity contribution in [2.45, 2.75) is 0 Å². The molecule has 6 heteroatoms. The van der Waals surface area contributed by atoms with Crippen LogP contribution in [0, 0.1) is 0 Å². The van der Waals surface area contributed by atoms with E-state index >= 15 is 0 Å². The van der Waals surface area contributed by atoms with Crippen LogP contribution in [0.3, 0.4) is 0 Å². The Hall–Kier alpha value is -1.85. The second-order valence-electron chi connectivity index (χ2n) is 2.55. The van der Waals surface area contributed by atoms with E-state index in [0.717, 1.165) is 10.8 Å². The predicted molar refractivity (Wildman–Crippen MR) is 46.3 cm³/mol. The van der Waals surface area contributed by atoms with Gasteiger partial charge in [-0.2, -0.15) is 0 Å². The first-order valence-electron chi connectivity index (χ1n) is 3.52. The summed E-state index contributed by atoms with van der Waals surface area (Å²) in [5, 5.41) is 11.0. The van der Waals surface area contributed by atoms with E-state index in [1.165, 1.54) is 24.7 Å². The fraction of sp³-hybridized carbons (Fsp3) is 0.286. The Morgan fingerprint density at radius 3 is 2.54 bits per heavy atom. The fourth-order valence-electron chi connectivity index (χ4n) is 0.933. The summed E-state index contributed by atoms with van der Waals surface area (Å²) < 4.78 is 2.18. The molecular formula is C7H9N3O3. The number of hydrogen-bond acceptors (Lipinski definition) is 4. The molecule has 1 aromatic heterocycles. The third-order valence-corrected chi connectivity index (χ3v) is 1.75. The van der Waals surface area contributed by atoms with Gasteiger partial charge in [0.25, 0.3) is 5.56 Å². The molecule has 0 amide bonds. The Balaban J connectivity index is 3.60. The van der Waals surface area contributed by atoms with E-state index in [9.17, 15) is 9.59 Å². The lowest BCUT2D eigenvalue weighted by molar-refractivity contribution is 0.321. The molecular weight excluding hydrogens is 174 g/mol. The molecule has 1 heterocycles. The lowest BCUT2D eigenvalue weighted by atomic mass is 10.4. The first-order valence-corrected chi connectivity index (χ1v) is 3.52. The normalized spacial score (nSPS) is 10.9. The van der Waals surface area contributed by atoms with Crippen LogP contribution in [-0.4, -0.2) is 20.6 Å². The Morgan fingerprint density at radius 2 is 2.00 bits per heavy atom. The van der Waals surface area contributed by atoms with Crippen molar-refractivity contribution in [1.29, 1.82) is 0 Å². The Morgan fingerprint density at radius 1 is 1.38 bits per heavy atom. The fourth-order valence-corrected chi connectivity index (χ4v) is 0.933. The van der Waals surface area contributed by atoms with E-state index in [4.69, 9.17) is 5.21 Å². The highest BCUT2D eigenvalue weighted by Crippen LogP contribution is 1.83. The molecule has 0 fully saturated rings. The van der Waals surface area contributed by atoms with Gasteiger partial charge >= 0.3 is 5.69 Å². The summed E-state index contributed by atoms with van der Waals surface area (Å²) in [5.74, 6) is 0. The zero-order valence-electron chi connectivity index (χ0n) is 7.26. The SMILES string of the molecule is Cn1c(/C=N\O)cc(=O)n(C)c1=O. The summed E-state index contributed by atoms with van der Waals surface area (Å²) in [5.41, 5.74) is -0.629. The van der Waals surface area contributed by atoms with Crippen LogP contribution in [0.15, 0.2) is 20.8 Å². The molecule has 0 aromatic carbocycles. The van der Waals surface area contributed by atoms with E-state index in [0.29, 0.717) is 0 Å². The molecule has 0 unspecified atom stereocenters. The molecule has 0 saturated carbocycles. The lowest BCUT2D eigenvalue weighted by Gasteiger charge is -2.03. The van der Waals surface area contributed by atoms with Crippen molar-refractivity contribution >= 4 is 6.21 Å². The quantitative estimate of drug-likeness (QED) is 0.341.